The van der Waals surface area contributed by atoms with Gasteiger partial charge >= 0.3 is 6.18 Å². The molecule has 0 aliphatic rings. The van der Waals surface area contributed by atoms with Crippen LogP contribution in [-0.4, -0.2) is 36.2 Å². The molecule has 92 valence electrons. The molecule has 1 aromatic rings. The van der Waals surface area contributed by atoms with Gasteiger partial charge in [0.15, 0.2) is 0 Å². The topological polar surface area (TPSA) is 45.6 Å². The highest BCUT2D eigenvalue weighted by molar-refractivity contribution is 5.99. The number of pyridine rings is 1. The number of carbonyl (C=O) groups is 1. The summed E-state index contributed by atoms with van der Waals surface area (Å²) in [5.41, 5.74) is -1.59. The van der Waals surface area contributed by atoms with Crippen LogP contribution in [0.5, 0.6) is 0 Å². The predicted octanol–water partition coefficient (Wildman–Crippen LogP) is 1.83. The summed E-state index contributed by atoms with van der Waals surface area (Å²) in [6.45, 7) is 0. The average Bonchev–Trinajstić information content (AvgIpc) is 2.24. The Morgan fingerprint density at radius 2 is 2.12 bits per heavy atom. The molecule has 0 radical (unpaired) electrons. The molecule has 7 heteroatoms. The van der Waals surface area contributed by atoms with E-state index in [1.165, 1.54) is 4.90 Å². The van der Waals surface area contributed by atoms with Gasteiger partial charge in [-0.05, 0) is 6.07 Å². The number of amides is 1. The van der Waals surface area contributed by atoms with Crippen molar-refractivity contribution in [3.8, 4) is 0 Å². The molecule has 1 amide bonds. The van der Waals surface area contributed by atoms with Crippen LogP contribution in [0.15, 0.2) is 23.5 Å². The summed E-state index contributed by atoms with van der Waals surface area (Å²) in [5, 5.41) is 0. The maximum Gasteiger partial charge on any atom is 0.417 e. The third-order valence-corrected chi connectivity index (χ3v) is 1.76. The molecule has 0 bridgehead atoms. The number of carbonyl (C=O) groups excluding carboxylic acids is 1. The zero-order chi connectivity index (χ0) is 13.1. The van der Waals surface area contributed by atoms with E-state index in [-0.39, 0.29) is 0 Å². The maximum absolute atomic E-state index is 12.6. The number of nitrogens with zero attached hydrogens (tertiary/aromatic N) is 3. The van der Waals surface area contributed by atoms with Crippen molar-refractivity contribution in [3.63, 3.8) is 0 Å². The number of hydrogen-bond acceptors (Lipinski definition) is 2. The summed E-state index contributed by atoms with van der Waals surface area (Å²) < 4.78 is 37.7. The molecule has 0 fully saturated rings. The summed E-state index contributed by atoms with van der Waals surface area (Å²) in [4.78, 5) is 19.8. The van der Waals surface area contributed by atoms with Gasteiger partial charge in [-0.15, -0.1) is 0 Å². The summed E-state index contributed by atoms with van der Waals surface area (Å²) in [5.74, 6) is -0.973. The summed E-state index contributed by atoms with van der Waals surface area (Å²) in [6.07, 6.45) is -1.62. The molecule has 0 aliphatic carbocycles. The van der Waals surface area contributed by atoms with Crippen LogP contribution in [-0.2, 0) is 6.18 Å². The highest BCUT2D eigenvalue weighted by atomic mass is 19.4. The normalized spacial score (nSPS) is 11.8. The van der Waals surface area contributed by atoms with E-state index in [9.17, 15) is 18.0 Å². The van der Waals surface area contributed by atoms with Crippen molar-refractivity contribution in [2.45, 2.75) is 6.18 Å². The first-order chi connectivity index (χ1) is 7.82. The zero-order valence-corrected chi connectivity index (χ0v) is 9.19. The monoisotopic (exact) mass is 245 g/mol. The van der Waals surface area contributed by atoms with Crippen LogP contribution < -0.4 is 0 Å². The fourth-order valence-corrected chi connectivity index (χ4v) is 1.05. The van der Waals surface area contributed by atoms with E-state index in [1.807, 2.05) is 0 Å². The van der Waals surface area contributed by atoms with E-state index >= 15 is 0 Å². The second-order valence-corrected chi connectivity index (χ2v) is 3.43. The molecule has 0 atom stereocenters. The highest BCUT2D eigenvalue weighted by Crippen LogP contribution is 2.31. The van der Waals surface area contributed by atoms with E-state index in [1.54, 1.807) is 14.1 Å². The van der Waals surface area contributed by atoms with Gasteiger partial charge in [-0.3, -0.25) is 9.78 Å². The van der Waals surface area contributed by atoms with E-state index in [0.29, 0.717) is 0 Å². The van der Waals surface area contributed by atoms with Crippen molar-refractivity contribution in [2.24, 2.45) is 4.99 Å². The van der Waals surface area contributed by atoms with Gasteiger partial charge in [0.05, 0.1) is 17.5 Å². The molecule has 1 heterocycles. The quantitative estimate of drug-likeness (QED) is 0.590. The SMILES string of the molecule is CN(C)C=NC(=O)c1cnccc1C(F)(F)F. The third-order valence-electron chi connectivity index (χ3n) is 1.76. The second kappa shape index (κ2) is 4.94. The molecular weight excluding hydrogens is 235 g/mol. The van der Waals surface area contributed by atoms with E-state index < -0.39 is 23.2 Å². The molecule has 0 saturated heterocycles. The lowest BCUT2D eigenvalue weighted by molar-refractivity contribution is -0.138. The van der Waals surface area contributed by atoms with Crippen LogP contribution >= 0.6 is 0 Å². The standard InChI is InChI=1S/C10H10F3N3O/c1-16(2)6-15-9(17)7-5-14-4-3-8(7)10(11,12)13/h3-6H,1-2H3. The van der Waals surface area contributed by atoms with E-state index in [0.717, 1.165) is 24.8 Å². The lowest BCUT2D eigenvalue weighted by Gasteiger charge is -2.09. The van der Waals surface area contributed by atoms with Gasteiger partial charge < -0.3 is 4.90 Å². The van der Waals surface area contributed by atoms with Crippen molar-refractivity contribution < 1.29 is 18.0 Å². The average molecular weight is 245 g/mol. The van der Waals surface area contributed by atoms with Crippen LogP contribution in [0, 0.1) is 0 Å². The first kappa shape index (κ1) is 13.1. The number of rotatable bonds is 2. The Bertz CT molecular complexity index is 441. The van der Waals surface area contributed by atoms with Gasteiger partial charge in [-0.1, -0.05) is 0 Å². The van der Waals surface area contributed by atoms with Gasteiger partial charge in [-0.25, -0.2) is 0 Å². The molecule has 0 aliphatic heterocycles. The summed E-state index contributed by atoms with van der Waals surface area (Å²) in [6, 6.07) is 0.748. The minimum Gasteiger partial charge on any atom is -0.369 e. The predicted molar refractivity (Wildman–Crippen MR) is 55.7 cm³/mol. The largest absolute Gasteiger partial charge is 0.417 e. The zero-order valence-electron chi connectivity index (χ0n) is 9.19. The number of halogens is 3. The maximum atomic E-state index is 12.6. The Hall–Kier alpha value is -1.92. The minimum absolute atomic E-state index is 0.557. The van der Waals surface area contributed by atoms with Crippen LogP contribution in [0.2, 0.25) is 0 Å². The van der Waals surface area contributed by atoms with E-state index in [4.69, 9.17) is 0 Å². The Balaban J connectivity index is 3.10. The smallest absolute Gasteiger partial charge is 0.369 e. The van der Waals surface area contributed by atoms with Crippen LogP contribution in [0.4, 0.5) is 13.2 Å². The first-order valence-corrected chi connectivity index (χ1v) is 4.58. The molecule has 0 aromatic carbocycles. The fraction of sp³-hybridized carbons (Fsp3) is 0.300. The molecule has 1 rings (SSSR count). The lowest BCUT2D eigenvalue weighted by Crippen LogP contribution is -2.14. The molecule has 4 nitrogen and oxygen atoms in total. The molecule has 0 spiro atoms. The van der Waals surface area contributed by atoms with Crippen LogP contribution in [0.3, 0.4) is 0 Å². The van der Waals surface area contributed by atoms with E-state index in [2.05, 4.69) is 9.98 Å². The van der Waals surface area contributed by atoms with Crippen molar-refractivity contribution in [1.29, 1.82) is 0 Å². The fourth-order valence-electron chi connectivity index (χ4n) is 1.05. The van der Waals surface area contributed by atoms with Crippen molar-refractivity contribution in [3.05, 3.63) is 29.6 Å². The molecular formula is C10H10F3N3O. The van der Waals surface area contributed by atoms with Gasteiger partial charge in [0, 0.05) is 26.5 Å². The Morgan fingerprint density at radius 1 is 1.47 bits per heavy atom. The summed E-state index contributed by atoms with van der Waals surface area (Å²) >= 11 is 0. The molecule has 0 unspecified atom stereocenters. The van der Waals surface area contributed by atoms with Gasteiger partial charge in [0.25, 0.3) is 5.91 Å². The van der Waals surface area contributed by atoms with Crippen LogP contribution in [0.25, 0.3) is 0 Å². The summed E-state index contributed by atoms with van der Waals surface area (Å²) in [7, 11) is 3.20. The number of aliphatic imine (C=N–C) groups is 1. The van der Waals surface area contributed by atoms with Crippen molar-refractivity contribution >= 4 is 12.2 Å². The Kier molecular flexibility index (Phi) is 3.82. The molecule has 17 heavy (non-hydrogen) atoms. The Morgan fingerprint density at radius 3 is 2.65 bits per heavy atom. The molecule has 0 saturated carbocycles. The third kappa shape index (κ3) is 3.54. The van der Waals surface area contributed by atoms with Gasteiger partial charge in [0.1, 0.15) is 0 Å². The van der Waals surface area contributed by atoms with Gasteiger partial charge in [0.2, 0.25) is 0 Å². The molecule has 0 N–H and O–H groups in total. The second-order valence-electron chi connectivity index (χ2n) is 3.43. The highest BCUT2D eigenvalue weighted by Gasteiger charge is 2.35. The van der Waals surface area contributed by atoms with Crippen molar-refractivity contribution in [1.82, 2.24) is 9.88 Å². The molecule has 1 aromatic heterocycles. The minimum atomic E-state index is -4.60. The Labute approximate surface area is 95.8 Å². The number of aromatic nitrogens is 1. The van der Waals surface area contributed by atoms with Crippen LogP contribution in [0.1, 0.15) is 15.9 Å². The van der Waals surface area contributed by atoms with Crippen molar-refractivity contribution in [2.75, 3.05) is 14.1 Å². The lowest BCUT2D eigenvalue weighted by atomic mass is 10.1. The van der Waals surface area contributed by atoms with Gasteiger partial charge in [-0.2, -0.15) is 18.2 Å². The number of alkyl halides is 3. The first-order valence-electron chi connectivity index (χ1n) is 4.58. The number of hydrogen-bond donors (Lipinski definition) is 0.